The molecule has 1 aliphatic rings. The lowest BCUT2D eigenvalue weighted by Gasteiger charge is -2.37. The first-order valence-electron chi connectivity index (χ1n) is 6.76. The van der Waals surface area contributed by atoms with Gasteiger partial charge in [0.05, 0.1) is 6.04 Å². The van der Waals surface area contributed by atoms with E-state index in [-0.39, 0.29) is 18.1 Å². The number of ether oxygens (including phenoxy) is 1. The molecule has 1 aliphatic heterocycles. The molecule has 2 heterocycles. The van der Waals surface area contributed by atoms with Crippen molar-refractivity contribution in [2.45, 2.75) is 26.0 Å². The third kappa shape index (κ3) is 3.30. The Morgan fingerprint density at radius 1 is 1.68 bits per heavy atom. The molecule has 5 nitrogen and oxygen atoms in total. The normalized spacial score (nSPS) is 21.2. The average Bonchev–Trinajstić information content (AvgIpc) is 2.47. The first kappa shape index (κ1) is 14.0. The molecule has 1 aromatic rings. The molecule has 2 unspecified atom stereocenters. The molecule has 2 atom stereocenters. The smallest absolute Gasteiger partial charge is 0.252 e. The maximum atomic E-state index is 12.4. The molecule has 1 N–H and O–H groups in total. The molecule has 0 radical (unpaired) electrons. The van der Waals surface area contributed by atoms with Crippen LogP contribution in [0.25, 0.3) is 0 Å². The van der Waals surface area contributed by atoms with E-state index < -0.39 is 0 Å². The van der Waals surface area contributed by atoms with Crippen LogP contribution in [0.2, 0.25) is 0 Å². The van der Waals surface area contributed by atoms with Crippen molar-refractivity contribution < 1.29 is 9.53 Å². The van der Waals surface area contributed by atoms with Crippen LogP contribution in [0.4, 0.5) is 0 Å². The van der Waals surface area contributed by atoms with E-state index in [0.29, 0.717) is 13.2 Å². The average molecular weight is 263 g/mol. The molecule has 104 valence electrons. The van der Waals surface area contributed by atoms with Crippen molar-refractivity contribution in [3.8, 4) is 0 Å². The van der Waals surface area contributed by atoms with Crippen LogP contribution in [0.5, 0.6) is 0 Å². The van der Waals surface area contributed by atoms with Crippen LogP contribution < -0.4 is 5.32 Å². The molecule has 1 aromatic heterocycles. The number of hydrogen-bond acceptors (Lipinski definition) is 4. The summed E-state index contributed by atoms with van der Waals surface area (Å²) in [6, 6.07) is 3.95. The van der Waals surface area contributed by atoms with E-state index in [1.54, 1.807) is 6.20 Å². The summed E-state index contributed by atoms with van der Waals surface area (Å²) < 4.78 is 5.41. The van der Waals surface area contributed by atoms with Crippen molar-refractivity contribution in [3.05, 3.63) is 30.1 Å². The van der Waals surface area contributed by atoms with Gasteiger partial charge in [0.1, 0.15) is 6.10 Å². The third-order valence-electron chi connectivity index (χ3n) is 3.36. The van der Waals surface area contributed by atoms with Crippen molar-refractivity contribution in [1.82, 2.24) is 15.2 Å². The Morgan fingerprint density at radius 2 is 2.53 bits per heavy atom. The van der Waals surface area contributed by atoms with Crippen molar-refractivity contribution in [2.24, 2.45) is 0 Å². The lowest BCUT2D eigenvalue weighted by atomic mass is 10.0. The predicted molar refractivity (Wildman–Crippen MR) is 72.6 cm³/mol. The van der Waals surface area contributed by atoms with Gasteiger partial charge in [0.2, 0.25) is 0 Å². The quantitative estimate of drug-likeness (QED) is 0.880. The molecule has 0 spiro atoms. The lowest BCUT2D eigenvalue weighted by Crippen LogP contribution is -2.51. The molecule has 19 heavy (non-hydrogen) atoms. The first-order valence-corrected chi connectivity index (χ1v) is 6.76. The van der Waals surface area contributed by atoms with E-state index in [0.717, 1.165) is 18.7 Å². The van der Waals surface area contributed by atoms with E-state index >= 15 is 0 Å². The van der Waals surface area contributed by atoms with Crippen molar-refractivity contribution in [1.29, 1.82) is 0 Å². The first-order chi connectivity index (χ1) is 9.24. The molecule has 1 fully saturated rings. The van der Waals surface area contributed by atoms with Gasteiger partial charge in [-0.15, -0.1) is 0 Å². The number of hydrogen-bond donors (Lipinski definition) is 1. The topological polar surface area (TPSA) is 54.5 Å². The second kappa shape index (κ2) is 6.63. The zero-order valence-corrected chi connectivity index (χ0v) is 11.5. The maximum Gasteiger partial charge on any atom is 0.252 e. The predicted octanol–water partition coefficient (Wildman–Crippen LogP) is 0.979. The minimum Gasteiger partial charge on any atom is -0.369 e. The number of amides is 1. The molecule has 0 bridgehead atoms. The number of pyridine rings is 1. The van der Waals surface area contributed by atoms with Crippen LogP contribution >= 0.6 is 0 Å². The molecular formula is C14H21N3O2. The summed E-state index contributed by atoms with van der Waals surface area (Å²) in [5.74, 6) is 0.0530. The highest BCUT2D eigenvalue weighted by atomic mass is 16.5. The second-order valence-corrected chi connectivity index (χ2v) is 4.64. The number of piperazine rings is 1. The SMILES string of the molecule is CCOC(C)C(=O)N1CCNCC1c1cccnc1. The van der Waals surface area contributed by atoms with Gasteiger partial charge in [-0.2, -0.15) is 0 Å². The monoisotopic (exact) mass is 263 g/mol. The molecule has 0 aromatic carbocycles. The Balaban J connectivity index is 2.14. The lowest BCUT2D eigenvalue weighted by molar-refractivity contribution is -0.145. The van der Waals surface area contributed by atoms with Crippen LogP contribution in [0, 0.1) is 0 Å². The summed E-state index contributed by atoms with van der Waals surface area (Å²) in [6.45, 7) is 6.55. The van der Waals surface area contributed by atoms with Gasteiger partial charge in [-0.25, -0.2) is 0 Å². The number of nitrogens with zero attached hydrogens (tertiary/aromatic N) is 2. The fraction of sp³-hybridized carbons (Fsp3) is 0.571. The van der Waals surface area contributed by atoms with Gasteiger partial charge in [-0.3, -0.25) is 9.78 Å². The summed E-state index contributed by atoms with van der Waals surface area (Å²) in [5, 5.41) is 3.33. The van der Waals surface area contributed by atoms with Crippen molar-refractivity contribution in [2.75, 3.05) is 26.2 Å². The highest BCUT2D eigenvalue weighted by molar-refractivity contribution is 5.81. The zero-order chi connectivity index (χ0) is 13.7. The Morgan fingerprint density at radius 3 is 3.21 bits per heavy atom. The standard InChI is InChI=1S/C14H21N3O2/c1-3-19-11(2)14(18)17-8-7-16-10-13(17)12-5-4-6-15-9-12/h4-6,9,11,13,16H,3,7-8,10H2,1-2H3. The number of rotatable bonds is 4. The van der Waals surface area contributed by atoms with Gasteiger partial charge in [-0.1, -0.05) is 6.07 Å². The number of carbonyl (C=O) groups is 1. The molecule has 1 saturated heterocycles. The Hall–Kier alpha value is -1.46. The van der Waals surface area contributed by atoms with Crippen LogP contribution in [0.15, 0.2) is 24.5 Å². The fourth-order valence-electron chi connectivity index (χ4n) is 2.39. The summed E-state index contributed by atoms with van der Waals surface area (Å²) in [5.41, 5.74) is 1.06. The molecule has 5 heteroatoms. The Labute approximate surface area is 114 Å². The van der Waals surface area contributed by atoms with E-state index in [2.05, 4.69) is 10.3 Å². The van der Waals surface area contributed by atoms with Crippen molar-refractivity contribution in [3.63, 3.8) is 0 Å². The van der Waals surface area contributed by atoms with Gasteiger partial charge in [0.25, 0.3) is 5.91 Å². The van der Waals surface area contributed by atoms with E-state index in [9.17, 15) is 4.79 Å². The van der Waals surface area contributed by atoms with E-state index in [4.69, 9.17) is 4.74 Å². The summed E-state index contributed by atoms with van der Waals surface area (Å²) in [4.78, 5) is 18.5. The third-order valence-corrected chi connectivity index (χ3v) is 3.36. The number of aromatic nitrogens is 1. The van der Waals surface area contributed by atoms with E-state index in [1.165, 1.54) is 0 Å². The summed E-state index contributed by atoms with van der Waals surface area (Å²) in [7, 11) is 0. The Kier molecular flexibility index (Phi) is 4.87. The zero-order valence-electron chi connectivity index (χ0n) is 11.5. The van der Waals surface area contributed by atoms with Gasteiger partial charge >= 0.3 is 0 Å². The van der Waals surface area contributed by atoms with E-state index in [1.807, 2.05) is 37.1 Å². The number of nitrogens with one attached hydrogen (secondary N) is 1. The Bertz CT molecular complexity index is 410. The van der Waals surface area contributed by atoms with Crippen LogP contribution in [0.1, 0.15) is 25.5 Å². The molecule has 1 amide bonds. The molecule has 0 saturated carbocycles. The van der Waals surface area contributed by atoms with Gasteiger partial charge in [0.15, 0.2) is 0 Å². The molecule has 0 aliphatic carbocycles. The van der Waals surface area contributed by atoms with Crippen molar-refractivity contribution >= 4 is 5.91 Å². The fourth-order valence-corrected chi connectivity index (χ4v) is 2.39. The molecular weight excluding hydrogens is 242 g/mol. The van der Waals surface area contributed by atoms with Crippen LogP contribution in [0.3, 0.4) is 0 Å². The minimum absolute atomic E-state index is 0.0397. The highest BCUT2D eigenvalue weighted by Gasteiger charge is 2.30. The summed E-state index contributed by atoms with van der Waals surface area (Å²) >= 11 is 0. The second-order valence-electron chi connectivity index (χ2n) is 4.64. The summed E-state index contributed by atoms with van der Waals surface area (Å²) in [6.07, 6.45) is 3.18. The van der Waals surface area contributed by atoms with Gasteiger partial charge < -0.3 is 15.0 Å². The maximum absolute atomic E-state index is 12.4. The highest BCUT2D eigenvalue weighted by Crippen LogP contribution is 2.22. The number of carbonyl (C=O) groups excluding carboxylic acids is 1. The van der Waals surface area contributed by atoms with Crippen LogP contribution in [-0.4, -0.2) is 48.1 Å². The van der Waals surface area contributed by atoms with Crippen LogP contribution in [-0.2, 0) is 9.53 Å². The van der Waals surface area contributed by atoms with Gasteiger partial charge in [-0.05, 0) is 25.5 Å². The molecule has 2 rings (SSSR count). The van der Waals surface area contributed by atoms with Gasteiger partial charge in [0, 0.05) is 38.6 Å². The minimum atomic E-state index is -0.387. The largest absolute Gasteiger partial charge is 0.369 e.